The highest BCUT2D eigenvalue weighted by molar-refractivity contribution is 7.99. The first-order valence-corrected chi connectivity index (χ1v) is 9.65. The van der Waals surface area contributed by atoms with Gasteiger partial charge in [0.1, 0.15) is 5.69 Å². The summed E-state index contributed by atoms with van der Waals surface area (Å²) in [4.78, 5) is 4.47. The molecule has 3 rings (SSSR count). The van der Waals surface area contributed by atoms with Crippen molar-refractivity contribution in [2.75, 3.05) is 0 Å². The van der Waals surface area contributed by atoms with E-state index in [1.54, 1.807) is 6.07 Å². The summed E-state index contributed by atoms with van der Waals surface area (Å²) >= 11 is 7.57. The van der Waals surface area contributed by atoms with Crippen LogP contribution in [0.1, 0.15) is 28.1 Å². The minimum absolute atomic E-state index is 0.112. The summed E-state index contributed by atoms with van der Waals surface area (Å²) in [6.07, 6.45) is -3.22. The van der Waals surface area contributed by atoms with E-state index in [1.807, 2.05) is 36.6 Å². The molecule has 0 saturated heterocycles. The Labute approximate surface area is 170 Å². The minimum atomic E-state index is -4.46. The first kappa shape index (κ1) is 20.8. The van der Waals surface area contributed by atoms with E-state index in [9.17, 15) is 18.3 Å². The molecule has 2 heterocycles. The van der Waals surface area contributed by atoms with Crippen LogP contribution in [0.3, 0.4) is 0 Å². The summed E-state index contributed by atoms with van der Waals surface area (Å²) in [7, 11) is 0. The van der Waals surface area contributed by atoms with Crippen molar-refractivity contribution in [1.82, 2.24) is 9.55 Å². The fraction of sp³-hybridized carbons (Fsp3) is 0.250. The van der Waals surface area contributed by atoms with Gasteiger partial charge in [-0.15, -0.1) is 0 Å². The van der Waals surface area contributed by atoms with Gasteiger partial charge in [-0.05, 0) is 49.2 Å². The van der Waals surface area contributed by atoms with Gasteiger partial charge in [-0.1, -0.05) is 35.5 Å². The lowest BCUT2D eigenvalue weighted by Crippen LogP contribution is -2.09. The molecule has 0 bridgehead atoms. The lowest BCUT2D eigenvalue weighted by molar-refractivity contribution is -0.141. The van der Waals surface area contributed by atoms with Gasteiger partial charge < -0.3 is 9.67 Å². The number of hydrogen-bond acceptors (Lipinski definition) is 3. The van der Waals surface area contributed by atoms with E-state index in [1.165, 1.54) is 24.0 Å². The second-order valence-electron chi connectivity index (χ2n) is 6.35. The number of rotatable bonds is 5. The fourth-order valence-electron chi connectivity index (χ4n) is 2.98. The number of alkyl halides is 3. The molecule has 8 heteroatoms. The predicted molar refractivity (Wildman–Crippen MR) is 104 cm³/mol. The molecule has 0 aliphatic rings. The molecule has 3 aromatic rings. The van der Waals surface area contributed by atoms with Gasteiger partial charge in [0.05, 0.1) is 11.6 Å². The topological polar surface area (TPSA) is 38.0 Å². The zero-order valence-corrected chi connectivity index (χ0v) is 16.8. The van der Waals surface area contributed by atoms with Crippen LogP contribution in [0.15, 0.2) is 52.5 Å². The van der Waals surface area contributed by atoms with Gasteiger partial charge in [0, 0.05) is 33.9 Å². The SMILES string of the molecule is Cc1c(CO)c(C)n(Cc2ccc(C(F)(F)F)nc2)c1Sc1cccc(Cl)c1. The molecule has 0 aliphatic carbocycles. The highest BCUT2D eigenvalue weighted by atomic mass is 35.5. The fourth-order valence-corrected chi connectivity index (χ4v) is 4.38. The lowest BCUT2D eigenvalue weighted by atomic mass is 10.2. The highest BCUT2D eigenvalue weighted by Crippen LogP contribution is 2.37. The summed E-state index contributed by atoms with van der Waals surface area (Å²) in [6.45, 7) is 4.05. The minimum Gasteiger partial charge on any atom is -0.392 e. The van der Waals surface area contributed by atoms with Gasteiger partial charge in [0.2, 0.25) is 0 Å². The number of aromatic nitrogens is 2. The molecule has 0 saturated carbocycles. The third-order valence-corrected chi connectivity index (χ3v) is 5.93. The summed E-state index contributed by atoms with van der Waals surface area (Å²) < 4.78 is 40.2. The second-order valence-corrected chi connectivity index (χ2v) is 7.85. The number of aliphatic hydroxyl groups is 1. The van der Waals surface area contributed by atoms with Crippen LogP contribution >= 0.6 is 23.4 Å². The first-order valence-electron chi connectivity index (χ1n) is 8.45. The number of halogens is 4. The van der Waals surface area contributed by atoms with Gasteiger partial charge in [0.15, 0.2) is 0 Å². The Hall–Kier alpha value is -1.96. The van der Waals surface area contributed by atoms with Crippen molar-refractivity contribution < 1.29 is 18.3 Å². The Morgan fingerprint density at radius 2 is 1.93 bits per heavy atom. The summed E-state index contributed by atoms with van der Waals surface area (Å²) in [5.41, 5.74) is 2.34. The van der Waals surface area contributed by atoms with Crippen molar-refractivity contribution in [3.05, 3.63) is 75.7 Å². The van der Waals surface area contributed by atoms with Gasteiger partial charge in [-0.2, -0.15) is 13.2 Å². The summed E-state index contributed by atoms with van der Waals surface area (Å²) in [5.74, 6) is 0. The van der Waals surface area contributed by atoms with E-state index in [4.69, 9.17) is 11.6 Å². The van der Waals surface area contributed by atoms with Crippen LogP contribution < -0.4 is 0 Å². The third-order valence-electron chi connectivity index (χ3n) is 4.48. The standard InChI is InChI=1S/C20H18ClF3N2OS/c1-12-17(11-27)13(2)26(19(12)28-16-5-3-4-15(21)8-16)10-14-6-7-18(25-9-14)20(22,23)24/h3-9,27H,10-11H2,1-2H3. The molecule has 0 aliphatic heterocycles. The molecule has 0 spiro atoms. The van der Waals surface area contributed by atoms with Crippen LogP contribution in [0.2, 0.25) is 5.02 Å². The summed E-state index contributed by atoms with van der Waals surface area (Å²) in [5, 5.41) is 11.3. The number of pyridine rings is 1. The predicted octanol–water partition coefficient (Wildman–Crippen LogP) is 5.86. The van der Waals surface area contributed by atoms with Crippen LogP contribution in [0.4, 0.5) is 13.2 Å². The van der Waals surface area contributed by atoms with Gasteiger partial charge in [0.25, 0.3) is 0 Å². The number of aliphatic hydroxyl groups excluding tert-OH is 1. The van der Waals surface area contributed by atoms with Crippen LogP contribution in [-0.4, -0.2) is 14.7 Å². The molecule has 1 aromatic carbocycles. The van der Waals surface area contributed by atoms with Crippen molar-refractivity contribution in [3.8, 4) is 0 Å². The van der Waals surface area contributed by atoms with E-state index in [-0.39, 0.29) is 6.61 Å². The average molecular weight is 427 g/mol. The highest BCUT2D eigenvalue weighted by Gasteiger charge is 2.32. The van der Waals surface area contributed by atoms with E-state index in [2.05, 4.69) is 4.98 Å². The maximum atomic E-state index is 12.7. The molecule has 0 unspecified atom stereocenters. The Morgan fingerprint density at radius 1 is 1.18 bits per heavy atom. The second kappa shape index (κ2) is 8.19. The Balaban J connectivity index is 1.97. The molecular formula is C20H18ClF3N2OS. The van der Waals surface area contributed by atoms with Crippen molar-refractivity contribution in [3.63, 3.8) is 0 Å². The van der Waals surface area contributed by atoms with Crippen molar-refractivity contribution in [2.24, 2.45) is 0 Å². The zero-order valence-electron chi connectivity index (χ0n) is 15.2. The Bertz CT molecular complexity index is 984. The summed E-state index contributed by atoms with van der Waals surface area (Å²) in [6, 6.07) is 9.83. The zero-order chi connectivity index (χ0) is 20.5. The van der Waals surface area contributed by atoms with Crippen LogP contribution in [0.25, 0.3) is 0 Å². The molecule has 0 radical (unpaired) electrons. The van der Waals surface area contributed by atoms with Crippen molar-refractivity contribution in [1.29, 1.82) is 0 Å². The number of benzene rings is 1. The van der Waals surface area contributed by atoms with Gasteiger partial charge in [-0.3, -0.25) is 4.98 Å². The van der Waals surface area contributed by atoms with E-state index in [0.29, 0.717) is 17.1 Å². The molecule has 3 nitrogen and oxygen atoms in total. The Morgan fingerprint density at radius 3 is 2.50 bits per heavy atom. The largest absolute Gasteiger partial charge is 0.433 e. The third kappa shape index (κ3) is 4.37. The number of nitrogens with zero attached hydrogens (tertiary/aromatic N) is 2. The smallest absolute Gasteiger partial charge is 0.392 e. The van der Waals surface area contributed by atoms with Crippen LogP contribution in [-0.2, 0) is 19.3 Å². The molecule has 0 atom stereocenters. The molecular weight excluding hydrogens is 409 g/mol. The van der Waals surface area contributed by atoms with Crippen LogP contribution in [0.5, 0.6) is 0 Å². The monoisotopic (exact) mass is 426 g/mol. The lowest BCUT2D eigenvalue weighted by Gasteiger charge is -2.13. The quantitative estimate of drug-likeness (QED) is 0.555. The molecule has 1 N–H and O–H groups in total. The first-order chi connectivity index (χ1) is 13.2. The Kier molecular flexibility index (Phi) is 6.07. The van der Waals surface area contributed by atoms with Gasteiger partial charge in [-0.25, -0.2) is 0 Å². The van der Waals surface area contributed by atoms with Gasteiger partial charge >= 0.3 is 6.18 Å². The number of hydrogen-bond donors (Lipinski definition) is 1. The molecule has 148 valence electrons. The average Bonchev–Trinajstić information content (AvgIpc) is 2.85. The molecule has 0 amide bonds. The maximum absolute atomic E-state index is 12.7. The van der Waals surface area contributed by atoms with Crippen molar-refractivity contribution >= 4 is 23.4 Å². The van der Waals surface area contributed by atoms with E-state index in [0.717, 1.165) is 32.8 Å². The normalized spacial score (nSPS) is 11.8. The molecule has 2 aromatic heterocycles. The maximum Gasteiger partial charge on any atom is 0.433 e. The molecule has 28 heavy (non-hydrogen) atoms. The van der Waals surface area contributed by atoms with Crippen molar-refractivity contribution in [2.45, 2.75) is 43.1 Å². The van der Waals surface area contributed by atoms with E-state index >= 15 is 0 Å². The molecule has 0 fully saturated rings. The van der Waals surface area contributed by atoms with Crippen LogP contribution in [0, 0.1) is 13.8 Å². The van der Waals surface area contributed by atoms with E-state index < -0.39 is 11.9 Å².